The van der Waals surface area contributed by atoms with Gasteiger partial charge in [0.1, 0.15) is 0 Å². The van der Waals surface area contributed by atoms with E-state index in [1.165, 1.54) is 4.90 Å². The van der Waals surface area contributed by atoms with Crippen molar-refractivity contribution in [3.8, 4) is 11.5 Å². The van der Waals surface area contributed by atoms with E-state index in [9.17, 15) is 9.59 Å². The van der Waals surface area contributed by atoms with Gasteiger partial charge in [-0.05, 0) is 31.5 Å². The predicted octanol–water partition coefficient (Wildman–Crippen LogP) is 1.04. The highest BCUT2D eigenvalue weighted by molar-refractivity contribution is 6.05. The number of hydrogen-bond donors (Lipinski definition) is 1. The molecule has 0 radical (unpaired) electrons. The molecule has 2 amide bonds. The Morgan fingerprint density at radius 2 is 2.05 bits per heavy atom. The fourth-order valence-electron chi connectivity index (χ4n) is 2.64. The summed E-state index contributed by atoms with van der Waals surface area (Å²) < 4.78 is 10.6. The van der Waals surface area contributed by atoms with Crippen molar-refractivity contribution in [2.75, 3.05) is 6.79 Å². The molecule has 21 heavy (non-hydrogen) atoms. The lowest BCUT2D eigenvalue weighted by atomic mass is 10.1. The second kappa shape index (κ2) is 5.37. The highest BCUT2D eigenvalue weighted by Gasteiger charge is 2.39. The van der Waals surface area contributed by atoms with Crippen molar-refractivity contribution in [1.82, 2.24) is 10.2 Å². The van der Waals surface area contributed by atoms with Gasteiger partial charge in [0.15, 0.2) is 11.5 Å². The number of carbonyl (C=O) groups is 2. The van der Waals surface area contributed by atoms with Gasteiger partial charge in [-0.25, -0.2) is 0 Å². The van der Waals surface area contributed by atoms with E-state index in [-0.39, 0.29) is 31.1 Å². The topological polar surface area (TPSA) is 67.9 Å². The Labute approximate surface area is 123 Å². The minimum atomic E-state index is -0.440. The van der Waals surface area contributed by atoms with Crippen molar-refractivity contribution in [3.63, 3.8) is 0 Å². The first-order valence-corrected chi connectivity index (χ1v) is 7.04. The molecule has 1 N–H and O–H groups in total. The molecule has 0 bridgehead atoms. The lowest BCUT2D eigenvalue weighted by molar-refractivity contribution is -0.140. The Morgan fingerprint density at radius 3 is 2.76 bits per heavy atom. The van der Waals surface area contributed by atoms with Crippen LogP contribution >= 0.6 is 0 Å². The molecule has 2 aliphatic rings. The van der Waals surface area contributed by atoms with Gasteiger partial charge in [0.2, 0.25) is 18.6 Å². The van der Waals surface area contributed by atoms with Gasteiger partial charge < -0.3 is 14.8 Å². The molecular weight excluding hydrogens is 272 g/mol. The zero-order valence-corrected chi connectivity index (χ0v) is 12.1. The Hall–Kier alpha value is -2.08. The summed E-state index contributed by atoms with van der Waals surface area (Å²) in [6.45, 7) is 4.43. The van der Waals surface area contributed by atoms with Crippen molar-refractivity contribution in [2.45, 2.75) is 38.9 Å². The Morgan fingerprint density at radius 1 is 1.29 bits per heavy atom. The average molecular weight is 290 g/mol. The van der Waals surface area contributed by atoms with E-state index < -0.39 is 6.04 Å². The molecule has 1 unspecified atom stereocenters. The third-order valence-corrected chi connectivity index (χ3v) is 3.69. The summed E-state index contributed by atoms with van der Waals surface area (Å²) in [4.78, 5) is 25.3. The molecule has 0 aromatic heterocycles. The number of nitrogens with zero attached hydrogens (tertiary/aromatic N) is 1. The Bertz CT molecular complexity index is 585. The first kappa shape index (κ1) is 13.9. The Balaban J connectivity index is 1.63. The molecule has 3 rings (SSSR count). The standard InChI is InChI=1S/C15H18N2O4/c1-9(2)17-14(18)6-11(15(17)19)16-7-10-3-4-12-13(5-10)21-8-20-12/h3-5,9,11,16H,6-8H2,1-2H3. The van der Waals surface area contributed by atoms with Crippen LogP contribution in [0.15, 0.2) is 18.2 Å². The average Bonchev–Trinajstić information content (AvgIpc) is 3.00. The highest BCUT2D eigenvalue weighted by Crippen LogP contribution is 2.32. The number of fused-ring (bicyclic) bond motifs is 1. The molecule has 1 atom stereocenters. The number of amides is 2. The minimum Gasteiger partial charge on any atom is -0.454 e. The maximum atomic E-state index is 12.2. The van der Waals surface area contributed by atoms with Gasteiger partial charge in [-0.2, -0.15) is 0 Å². The molecule has 6 nitrogen and oxygen atoms in total. The maximum Gasteiger partial charge on any atom is 0.247 e. The first-order chi connectivity index (χ1) is 10.1. The molecule has 2 aliphatic heterocycles. The van der Waals surface area contributed by atoms with E-state index in [1.54, 1.807) is 0 Å². The molecule has 112 valence electrons. The summed E-state index contributed by atoms with van der Waals surface area (Å²) >= 11 is 0. The number of likely N-dealkylation sites (tertiary alicyclic amines) is 1. The fraction of sp³-hybridized carbons (Fsp3) is 0.467. The lowest BCUT2D eigenvalue weighted by Crippen LogP contribution is -2.41. The van der Waals surface area contributed by atoms with Crippen molar-refractivity contribution in [1.29, 1.82) is 0 Å². The summed E-state index contributed by atoms with van der Waals surface area (Å²) in [5.74, 6) is 1.19. The van der Waals surface area contributed by atoms with Crippen LogP contribution in [-0.4, -0.2) is 35.6 Å². The van der Waals surface area contributed by atoms with Crippen LogP contribution in [0, 0.1) is 0 Å². The predicted molar refractivity (Wildman–Crippen MR) is 74.8 cm³/mol. The van der Waals surface area contributed by atoms with Crippen LogP contribution < -0.4 is 14.8 Å². The SMILES string of the molecule is CC(C)N1C(=O)CC(NCc2ccc3c(c2)OCO3)C1=O. The first-order valence-electron chi connectivity index (χ1n) is 7.04. The summed E-state index contributed by atoms with van der Waals surface area (Å²) in [6.07, 6.45) is 0.224. The molecule has 0 aliphatic carbocycles. The van der Waals surface area contributed by atoms with Crippen LogP contribution in [0.5, 0.6) is 11.5 Å². The number of imide groups is 1. The zero-order valence-electron chi connectivity index (χ0n) is 12.1. The van der Waals surface area contributed by atoms with E-state index in [0.717, 1.165) is 11.3 Å². The zero-order chi connectivity index (χ0) is 15.0. The van der Waals surface area contributed by atoms with Gasteiger partial charge in [-0.3, -0.25) is 14.5 Å². The molecule has 1 saturated heterocycles. The highest BCUT2D eigenvalue weighted by atomic mass is 16.7. The van der Waals surface area contributed by atoms with E-state index in [1.807, 2.05) is 32.0 Å². The second-order valence-corrected chi connectivity index (χ2v) is 5.52. The van der Waals surface area contributed by atoms with Crippen molar-refractivity contribution in [3.05, 3.63) is 23.8 Å². The third kappa shape index (κ3) is 2.58. The van der Waals surface area contributed by atoms with Gasteiger partial charge >= 0.3 is 0 Å². The number of hydrogen-bond acceptors (Lipinski definition) is 5. The van der Waals surface area contributed by atoms with E-state index in [0.29, 0.717) is 12.3 Å². The van der Waals surface area contributed by atoms with Crippen LogP contribution in [0.4, 0.5) is 0 Å². The number of nitrogens with one attached hydrogen (secondary N) is 1. The normalized spacial score (nSPS) is 20.7. The van der Waals surface area contributed by atoms with Gasteiger partial charge in [0.25, 0.3) is 0 Å². The number of carbonyl (C=O) groups excluding carboxylic acids is 2. The van der Waals surface area contributed by atoms with Crippen LogP contribution in [0.1, 0.15) is 25.8 Å². The Kier molecular flexibility index (Phi) is 3.55. The molecule has 0 saturated carbocycles. The molecule has 1 aromatic rings. The van der Waals surface area contributed by atoms with Crippen molar-refractivity contribution in [2.24, 2.45) is 0 Å². The molecular formula is C15H18N2O4. The van der Waals surface area contributed by atoms with Crippen LogP contribution in [0.3, 0.4) is 0 Å². The summed E-state index contributed by atoms with van der Waals surface area (Å²) in [6, 6.07) is 5.12. The van der Waals surface area contributed by atoms with Crippen LogP contribution in [-0.2, 0) is 16.1 Å². The van der Waals surface area contributed by atoms with Crippen LogP contribution in [0.2, 0.25) is 0 Å². The van der Waals surface area contributed by atoms with Crippen LogP contribution in [0.25, 0.3) is 0 Å². The third-order valence-electron chi connectivity index (χ3n) is 3.69. The number of benzene rings is 1. The molecule has 6 heteroatoms. The molecule has 0 spiro atoms. The minimum absolute atomic E-state index is 0.0951. The lowest BCUT2D eigenvalue weighted by Gasteiger charge is -2.19. The van der Waals surface area contributed by atoms with Crippen molar-refractivity contribution >= 4 is 11.8 Å². The van der Waals surface area contributed by atoms with Gasteiger partial charge in [-0.15, -0.1) is 0 Å². The number of rotatable bonds is 4. The van der Waals surface area contributed by atoms with Crippen molar-refractivity contribution < 1.29 is 19.1 Å². The quantitative estimate of drug-likeness (QED) is 0.839. The molecule has 1 fully saturated rings. The van der Waals surface area contributed by atoms with Gasteiger partial charge in [-0.1, -0.05) is 6.07 Å². The van der Waals surface area contributed by atoms with E-state index in [2.05, 4.69) is 5.32 Å². The molecule has 2 heterocycles. The summed E-state index contributed by atoms with van der Waals surface area (Å²) in [7, 11) is 0. The monoisotopic (exact) mass is 290 g/mol. The maximum absolute atomic E-state index is 12.2. The summed E-state index contributed by atoms with van der Waals surface area (Å²) in [5, 5.41) is 3.15. The number of ether oxygens (including phenoxy) is 2. The van der Waals surface area contributed by atoms with Gasteiger partial charge in [0, 0.05) is 12.6 Å². The van der Waals surface area contributed by atoms with Gasteiger partial charge in [0.05, 0.1) is 12.5 Å². The summed E-state index contributed by atoms with van der Waals surface area (Å²) in [5.41, 5.74) is 0.988. The van der Waals surface area contributed by atoms with E-state index in [4.69, 9.17) is 9.47 Å². The largest absolute Gasteiger partial charge is 0.454 e. The van der Waals surface area contributed by atoms with E-state index >= 15 is 0 Å². The smallest absolute Gasteiger partial charge is 0.247 e. The fourth-order valence-corrected chi connectivity index (χ4v) is 2.64. The molecule has 1 aromatic carbocycles. The second-order valence-electron chi connectivity index (χ2n) is 5.52.